The Morgan fingerprint density at radius 2 is 1.88 bits per heavy atom. The van der Waals surface area contributed by atoms with E-state index in [1.165, 1.54) is 11.2 Å². The molecule has 5 nitrogen and oxygen atoms in total. The zero-order chi connectivity index (χ0) is 12.3. The van der Waals surface area contributed by atoms with Gasteiger partial charge >= 0.3 is 0 Å². The van der Waals surface area contributed by atoms with Crippen molar-refractivity contribution in [1.82, 2.24) is 4.31 Å². The van der Waals surface area contributed by atoms with Crippen molar-refractivity contribution >= 4 is 10.0 Å². The molecular formula is C10H19N3O2S. The van der Waals surface area contributed by atoms with Crippen molar-refractivity contribution in [3.63, 3.8) is 0 Å². The molecule has 1 saturated heterocycles. The summed E-state index contributed by atoms with van der Waals surface area (Å²) < 4.78 is 25.1. The molecule has 2 unspecified atom stereocenters. The number of hydrogen-bond donors (Lipinski definition) is 1. The third-order valence-electron chi connectivity index (χ3n) is 3.23. The summed E-state index contributed by atoms with van der Waals surface area (Å²) in [4.78, 5) is 0. The van der Waals surface area contributed by atoms with Gasteiger partial charge in [0.15, 0.2) is 5.25 Å². The first kappa shape index (κ1) is 13.4. The summed E-state index contributed by atoms with van der Waals surface area (Å²) in [6, 6.07) is 1.89. The molecule has 0 saturated carbocycles. The van der Waals surface area contributed by atoms with E-state index in [1.807, 2.05) is 6.92 Å². The van der Waals surface area contributed by atoms with Gasteiger partial charge in [-0.2, -0.15) is 5.26 Å². The van der Waals surface area contributed by atoms with Gasteiger partial charge < -0.3 is 5.73 Å². The monoisotopic (exact) mass is 245 g/mol. The van der Waals surface area contributed by atoms with E-state index in [0.29, 0.717) is 19.0 Å². The van der Waals surface area contributed by atoms with Gasteiger partial charge in [-0.25, -0.2) is 12.7 Å². The van der Waals surface area contributed by atoms with Gasteiger partial charge in [0.1, 0.15) is 0 Å². The first-order valence-electron chi connectivity index (χ1n) is 5.53. The fraction of sp³-hybridized carbons (Fsp3) is 0.900. The topological polar surface area (TPSA) is 87.2 Å². The number of sulfonamides is 1. The first-order chi connectivity index (χ1) is 7.39. The van der Waals surface area contributed by atoms with Crippen LogP contribution in [0.25, 0.3) is 0 Å². The molecule has 1 aliphatic rings. The molecule has 0 bridgehead atoms. The molecule has 0 radical (unpaired) electrons. The lowest BCUT2D eigenvalue weighted by atomic mass is 9.92. The Balaban J connectivity index is 2.65. The van der Waals surface area contributed by atoms with Gasteiger partial charge in [-0.05, 0) is 32.6 Å². The highest BCUT2D eigenvalue weighted by Crippen LogP contribution is 2.23. The maximum absolute atomic E-state index is 11.9. The largest absolute Gasteiger partial charge is 0.328 e. The molecule has 2 N–H and O–H groups in total. The van der Waals surface area contributed by atoms with Crippen molar-refractivity contribution in [3.8, 4) is 6.07 Å². The summed E-state index contributed by atoms with van der Waals surface area (Å²) in [7, 11) is -3.43. The number of hydrogen-bond acceptors (Lipinski definition) is 4. The molecular weight excluding hydrogens is 226 g/mol. The standard InChI is InChI=1S/C10H19N3O2S/c1-8(7-11)16(14,15)13-5-3-10(4-6-13)9(2)12/h8-10H,3-6,12H2,1-2H3. The molecule has 0 spiro atoms. The van der Waals surface area contributed by atoms with Crippen LogP contribution in [0.2, 0.25) is 0 Å². The van der Waals surface area contributed by atoms with Crippen molar-refractivity contribution in [2.45, 2.75) is 38.0 Å². The molecule has 0 aromatic carbocycles. The molecule has 16 heavy (non-hydrogen) atoms. The Morgan fingerprint density at radius 1 is 1.38 bits per heavy atom. The zero-order valence-electron chi connectivity index (χ0n) is 9.76. The van der Waals surface area contributed by atoms with Crippen LogP contribution in [0, 0.1) is 17.2 Å². The molecule has 1 heterocycles. The third-order valence-corrected chi connectivity index (χ3v) is 5.31. The highest BCUT2D eigenvalue weighted by molar-refractivity contribution is 7.89. The van der Waals surface area contributed by atoms with Gasteiger partial charge in [0.2, 0.25) is 10.0 Å². The van der Waals surface area contributed by atoms with Gasteiger partial charge in [-0.15, -0.1) is 0 Å². The molecule has 0 aromatic rings. The second-order valence-electron chi connectivity index (χ2n) is 4.41. The second kappa shape index (κ2) is 5.13. The summed E-state index contributed by atoms with van der Waals surface area (Å²) in [5, 5.41) is 7.71. The number of nitriles is 1. The van der Waals surface area contributed by atoms with Crippen LogP contribution in [0.1, 0.15) is 26.7 Å². The van der Waals surface area contributed by atoms with Crippen LogP contribution in [-0.4, -0.2) is 37.1 Å². The van der Waals surface area contributed by atoms with Crippen LogP contribution in [0.5, 0.6) is 0 Å². The Kier molecular flexibility index (Phi) is 4.30. The second-order valence-corrected chi connectivity index (χ2v) is 6.67. The summed E-state index contributed by atoms with van der Waals surface area (Å²) in [6.07, 6.45) is 1.57. The van der Waals surface area contributed by atoms with Gasteiger partial charge in [-0.1, -0.05) is 0 Å². The van der Waals surface area contributed by atoms with E-state index in [-0.39, 0.29) is 6.04 Å². The molecule has 2 atom stereocenters. The minimum atomic E-state index is -3.43. The van der Waals surface area contributed by atoms with Crippen LogP contribution in [0.15, 0.2) is 0 Å². The molecule has 92 valence electrons. The van der Waals surface area contributed by atoms with E-state index in [1.54, 1.807) is 6.07 Å². The molecule has 1 fully saturated rings. The SMILES string of the molecule is CC(N)C1CCN(S(=O)(=O)C(C)C#N)CC1. The smallest absolute Gasteiger partial charge is 0.230 e. The van der Waals surface area contributed by atoms with E-state index in [9.17, 15) is 8.42 Å². The molecule has 0 aromatic heterocycles. The van der Waals surface area contributed by atoms with E-state index in [2.05, 4.69) is 0 Å². The normalized spacial score (nSPS) is 23.6. The maximum atomic E-state index is 11.9. The molecule has 1 aliphatic heterocycles. The average molecular weight is 245 g/mol. The van der Waals surface area contributed by atoms with E-state index in [4.69, 9.17) is 11.0 Å². The molecule has 0 aliphatic carbocycles. The van der Waals surface area contributed by atoms with Crippen LogP contribution < -0.4 is 5.73 Å². The predicted molar refractivity (Wildman–Crippen MR) is 61.9 cm³/mol. The van der Waals surface area contributed by atoms with Crippen molar-refractivity contribution in [1.29, 1.82) is 5.26 Å². The lowest BCUT2D eigenvalue weighted by Crippen LogP contribution is -2.45. The van der Waals surface area contributed by atoms with Gasteiger partial charge in [-0.3, -0.25) is 0 Å². The fourth-order valence-corrected chi connectivity index (χ4v) is 3.25. The summed E-state index contributed by atoms with van der Waals surface area (Å²) >= 11 is 0. The lowest BCUT2D eigenvalue weighted by Gasteiger charge is -2.33. The Morgan fingerprint density at radius 3 is 2.25 bits per heavy atom. The van der Waals surface area contributed by atoms with E-state index < -0.39 is 15.3 Å². The van der Waals surface area contributed by atoms with Crippen LogP contribution in [0.3, 0.4) is 0 Å². The number of nitrogens with zero attached hydrogens (tertiary/aromatic N) is 2. The fourth-order valence-electron chi connectivity index (χ4n) is 1.95. The number of nitrogens with two attached hydrogens (primary N) is 1. The van der Waals surface area contributed by atoms with Crippen LogP contribution in [-0.2, 0) is 10.0 Å². The van der Waals surface area contributed by atoms with Crippen molar-refractivity contribution in [2.75, 3.05) is 13.1 Å². The highest BCUT2D eigenvalue weighted by Gasteiger charge is 2.32. The zero-order valence-corrected chi connectivity index (χ0v) is 10.6. The third kappa shape index (κ3) is 2.73. The van der Waals surface area contributed by atoms with Gasteiger partial charge in [0.25, 0.3) is 0 Å². The van der Waals surface area contributed by atoms with Gasteiger partial charge in [0, 0.05) is 19.1 Å². The Bertz CT molecular complexity index is 364. The Labute approximate surface area is 97.3 Å². The van der Waals surface area contributed by atoms with Crippen molar-refractivity contribution in [3.05, 3.63) is 0 Å². The van der Waals surface area contributed by atoms with Gasteiger partial charge in [0.05, 0.1) is 6.07 Å². The number of rotatable bonds is 3. The van der Waals surface area contributed by atoms with E-state index >= 15 is 0 Å². The van der Waals surface area contributed by atoms with Crippen molar-refractivity contribution in [2.24, 2.45) is 11.7 Å². The minimum Gasteiger partial charge on any atom is -0.328 e. The molecule has 1 rings (SSSR count). The minimum absolute atomic E-state index is 0.109. The molecule has 6 heteroatoms. The highest BCUT2D eigenvalue weighted by atomic mass is 32.2. The summed E-state index contributed by atoms with van der Waals surface area (Å²) in [6.45, 7) is 4.35. The molecule has 0 amide bonds. The maximum Gasteiger partial charge on any atom is 0.230 e. The first-order valence-corrected chi connectivity index (χ1v) is 7.04. The summed E-state index contributed by atoms with van der Waals surface area (Å²) in [5.74, 6) is 0.392. The lowest BCUT2D eigenvalue weighted by molar-refractivity contribution is 0.250. The van der Waals surface area contributed by atoms with Crippen LogP contribution >= 0.6 is 0 Å². The van der Waals surface area contributed by atoms with Crippen LogP contribution in [0.4, 0.5) is 0 Å². The quantitative estimate of drug-likeness (QED) is 0.774. The summed E-state index contributed by atoms with van der Waals surface area (Å²) in [5.41, 5.74) is 5.79. The predicted octanol–water partition coefficient (Wildman–Crippen LogP) is 0.287. The number of piperidine rings is 1. The Hall–Kier alpha value is -0.640. The van der Waals surface area contributed by atoms with E-state index in [0.717, 1.165) is 12.8 Å². The van der Waals surface area contributed by atoms with Crippen molar-refractivity contribution < 1.29 is 8.42 Å². The average Bonchev–Trinajstić information content (AvgIpc) is 2.28.